The van der Waals surface area contributed by atoms with Gasteiger partial charge in [0, 0.05) is 0 Å². The molecule has 1 aliphatic heterocycles. The molecule has 0 bridgehead atoms. The Morgan fingerprint density at radius 3 is 2.69 bits per heavy atom. The summed E-state index contributed by atoms with van der Waals surface area (Å²) >= 11 is 6.41. The zero-order chi connectivity index (χ0) is 18.7. The van der Waals surface area contributed by atoms with Crippen LogP contribution in [0.5, 0.6) is 11.5 Å². The van der Waals surface area contributed by atoms with Crippen LogP contribution in [0, 0.1) is 5.82 Å². The summed E-state index contributed by atoms with van der Waals surface area (Å²) in [6, 6.07) is 11.4. The predicted octanol–water partition coefficient (Wildman–Crippen LogP) is 4.64. The van der Waals surface area contributed by atoms with Crippen LogP contribution in [0.4, 0.5) is 10.1 Å². The van der Waals surface area contributed by atoms with E-state index in [1.807, 2.05) is 13.0 Å². The molecule has 0 atom stereocenters. The van der Waals surface area contributed by atoms with Crippen LogP contribution in [0.15, 0.2) is 47.4 Å². The van der Waals surface area contributed by atoms with E-state index in [1.54, 1.807) is 37.5 Å². The number of benzene rings is 2. The molecule has 4 nitrogen and oxygen atoms in total. The van der Waals surface area contributed by atoms with Gasteiger partial charge in [0.25, 0.3) is 5.91 Å². The first-order chi connectivity index (χ1) is 12.5. The number of methoxy groups -OCH3 is 1. The van der Waals surface area contributed by atoms with Crippen LogP contribution in [0.2, 0.25) is 0 Å². The monoisotopic (exact) mass is 389 g/mol. The standard InChI is InChI=1S/C19H16FNO3S2/c1-3-24-15-9-8-12(10-16(15)23-2)11-17-18(22)21(19(25)26-17)14-7-5-4-6-13(14)20/h4-11H,3H2,1-2H3/b17-11+. The van der Waals surface area contributed by atoms with Crippen molar-refractivity contribution in [2.45, 2.75) is 6.92 Å². The van der Waals surface area contributed by atoms with Gasteiger partial charge in [-0.1, -0.05) is 42.2 Å². The average Bonchev–Trinajstić information content (AvgIpc) is 2.90. The van der Waals surface area contributed by atoms with Crippen LogP contribution < -0.4 is 14.4 Å². The summed E-state index contributed by atoms with van der Waals surface area (Å²) in [7, 11) is 1.55. The largest absolute Gasteiger partial charge is 0.493 e. The lowest BCUT2D eigenvalue weighted by molar-refractivity contribution is -0.113. The Bertz CT molecular complexity index is 898. The molecular weight excluding hydrogens is 373 g/mol. The van der Waals surface area contributed by atoms with Crippen LogP contribution in [-0.4, -0.2) is 23.9 Å². The first-order valence-corrected chi connectivity index (χ1v) is 9.11. The normalized spacial score (nSPS) is 15.7. The van der Waals surface area contributed by atoms with E-state index in [0.29, 0.717) is 27.3 Å². The van der Waals surface area contributed by atoms with E-state index < -0.39 is 5.82 Å². The molecule has 0 saturated carbocycles. The summed E-state index contributed by atoms with van der Waals surface area (Å²) in [5.74, 6) is 0.363. The Morgan fingerprint density at radius 1 is 1.23 bits per heavy atom. The van der Waals surface area contributed by atoms with Crippen molar-refractivity contribution in [2.24, 2.45) is 0 Å². The molecule has 0 N–H and O–H groups in total. The highest BCUT2D eigenvalue weighted by molar-refractivity contribution is 8.27. The van der Waals surface area contributed by atoms with E-state index >= 15 is 0 Å². The number of nitrogens with zero attached hydrogens (tertiary/aromatic N) is 1. The topological polar surface area (TPSA) is 38.8 Å². The zero-order valence-corrected chi connectivity index (χ0v) is 15.8. The van der Waals surface area contributed by atoms with E-state index in [2.05, 4.69) is 0 Å². The number of halogens is 1. The third-order valence-corrected chi connectivity index (χ3v) is 4.97. The van der Waals surface area contributed by atoms with Gasteiger partial charge >= 0.3 is 0 Å². The second-order valence-corrected chi connectivity index (χ2v) is 6.99. The van der Waals surface area contributed by atoms with E-state index in [0.717, 1.165) is 17.3 Å². The van der Waals surface area contributed by atoms with E-state index in [4.69, 9.17) is 21.7 Å². The van der Waals surface area contributed by atoms with E-state index in [-0.39, 0.29) is 11.6 Å². The van der Waals surface area contributed by atoms with Gasteiger partial charge in [-0.15, -0.1) is 0 Å². The van der Waals surface area contributed by atoms with Crippen molar-refractivity contribution < 1.29 is 18.7 Å². The fraction of sp³-hybridized carbons (Fsp3) is 0.158. The molecule has 2 aromatic carbocycles. The van der Waals surface area contributed by atoms with E-state index in [1.165, 1.54) is 17.0 Å². The van der Waals surface area contributed by atoms with Crippen LogP contribution in [0.1, 0.15) is 12.5 Å². The molecule has 0 aliphatic carbocycles. The fourth-order valence-corrected chi connectivity index (χ4v) is 3.79. The van der Waals surface area contributed by atoms with Gasteiger partial charge in [-0.25, -0.2) is 4.39 Å². The van der Waals surface area contributed by atoms with Gasteiger partial charge < -0.3 is 9.47 Å². The summed E-state index contributed by atoms with van der Waals surface area (Å²) in [6.45, 7) is 2.42. The Kier molecular flexibility index (Phi) is 5.58. The number of ether oxygens (including phenoxy) is 2. The molecule has 0 spiro atoms. The molecular formula is C19H16FNO3S2. The van der Waals surface area contributed by atoms with Gasteiger partial charge in [-0.2, -0.15) is 0 Å². The maximum Gasteiger partial charge on any atom is 0.270 e. The molecule has 0 radical (unpaired) electrons. The number of hydrogen-bond donors (Lipinski definition) is 0. The van der Waals surface area contributed by atoms with Gasteiger partial charge in [-0.05, 0) is 42.8 Å². The van der Waals surface area contributed by atoms with Gasteiger partial charge in [0.2, 0.25) is 0 Å². The lowest BCUT2D eigenvalue weighted by atomic mass is 10.2. The molecule has 1 fully saturated rings. The Morgan fingerprint density at radius 2 is 2.00 bits per heavy atom. The maximum atomic E-state index is 14.0. The molecule has 0 unspecified atom stereocenters. The molecule has 1 aliphatic rings. The van der Waals surface area contributed by atoms with Gasteiger partial charge in [-0.3, -0.25) is 9.69 Å². The zero-order valence-electron chi connectivity index (χ0n) is 14.2. The number of hydrogen-bond acceptors (Lipinski definition) is 5. The smallest absolute Gasteiger partial charge is 0.270 e. The molecule has 0 aromatic heterocycles. The number of thioether (sulfide) groups is 1. The van der Waals surface area contributed by atoms with Gasteiger partial charge in [0.1, 0.15) is 5.82 Å². The quantitative estimate of drug-likeness (QED) is 0.550. The molecule has 3 rings (SSSR count). The second kappa shape index (κ2) is 7.88. The summed E-state index contributed by atoms with van der Waals surface area (Å²) in [6.07, 6.45) is 1.71. The minimum Gasteiger partial charge on any atom is -0.493 e. The first-order valence-electron chi connectivity index (χ1n) is 7.88. The number of thiocarbonyl (C=S) groups is 1. The van der Waals surface area contributed by atoms with Crippen LogP contribution in [0.3, 0.4) is 0 Å². The summed E-state index contributed by atoms with van der Waals surface area (Å²) in [5, 5.41) is 0. The van der Waals surface area contributed by atoms with Gasteiger partial charge in [0.15, 0.2) is 15.8 Å². The molecule has 1 saturated heterocycles. The van der Waals surface area contributed by atoms with Crippen molar-refractivity contribution in [3.8, 4) is 11.5 Å². The molecule has 134 valence electrons. The highest BCUT2D eigenvalue weighted by atomic mass is 32.2. The van der Waals surface area contributed by atoms with Crippen molar-refractivity contribution in [1.29, 1.82) is 0 Å². The van der Waals surface area contributed by atoms with Crippen molar-refractivity contribution >= 4 is 46.0 Å². The molecule has 7 heteroatoms. The number of carbonyl (C=O) groups is 1. The van der Waals surface area contributed by atoms with E-state index in [9.17, 15) is 9.18 Å². The highest BCUT2D eigenvalue weighted by Crippen LogP contribution is 2.38. The molecule has 2 aromatic rings. The highest BCUT2D eigenvalue weighted by Gasteiger charge is 2.34. The molecule has 1 heterocycles. The number of carbonyl (C=O) groups excluding carboxylic acids is 1. The molecule has 1 amide bonds. The third-order valence-electron chi connectivity index (χ3n) is 3.67. The minimum absolute atomic E-state index is 0.155. The first kappa shape index (κ1) is 18.4. The Hall–Kier alpha value is -2.38. The van der Waals surface area contributed by atoms with Crippen LogP contribution in [-0.2, 0) is 4.79 Å². The lowest BCUT2D eigenvalue weighted by Crippen LogP contribution is -2.28. The van der Waals surface area contributed by atoms with Crippen molar-refractivity contribution in [3.05, 3.63) is 58.8 Å². The van der Waals surface area contributed by atoms with Gasteiger partial charge in [0.05, 0.1) is 24.3 Å². The number of rotatable bonds is 5. The number of amides is 1. The van der Waals surface area contributed by atoms with Crippen LogP contribution in [0.25, 0.3) is 6.08 Å². The minimum atomic E-state index is -0.493. The van der Waals surface area contributed by atoms with Crippen molar-refractivity contribution in [1.82, 2.24) is 0 Å². The Labute approximate surface area is 160 Å². The third kappa shape index (κ3) is 3.59. The SMILES string of the molecule is CCOc1ccc(/C=C2/SC(=S)N(c3ccccc3F)C2=O)cc1OC. The van der Waals surface area contributed by atoms with Crippen molar-refractivity contribution in [2.75, 3.05) is 18.6 Å². The van der Waals surface area contributed by atoms with Crippen LogP contribution >= 0.6 is 24.0 Å². The number of para-hydroxylation sites is 1. The fourth-order valence-electron chi connectivity index (χ4n) is 2.51. The summed E-state index contributed by atoms with van der Waals surface area (Å²) in [5.41, 5.74) is 0.919. The van der Waals surface area contributed by atoms with Crippen molar-refractivity contribution in [3.63, 3.8) is 0 Å². The number of anilines is 1. The average molecular weight is 389 g/mol. The lowest BCUT2D eigenvalue weighted by Gasteiger charge is -2.14. The second-order valence-electron chi connectivity index (χ2n) is 5.31. The molecule has 26 heavy (non-hydrogen) atoms. The maximum absolute atomic E-state index is 14.0. The summed E-state index contributed by atoms with van der Waals surface area (Å²) < 4.78 is 25.2. The predicted molar refractivity (Wildman–Crippen MR) is 106 cm³/mol. The summed E-state index contributed by atoms with van der Waals surface area (Å²) in [4.78, 5) is 14.4. The Balaban J connectivity index is 1.92.